The molecular weight excluding hydrogens is 248 g/mol. The molecule has 1 atom stereocenters. The first-order chi connectivity index (χ1) is 6.44. The first-order valence-electron chi connectivity index (χ1n) is 3.61. The summed E-state index contributed by atoms with van der Waals surface area (Å²) >= 11 is 17.1. The Morgan fingerprint density at radius 3 is 2.71 bits per heavy atom. The molecule has 8 heteroatoms. The van der Waals surface area contributed by atoms with Crippen LogP contribution in [0, 0.1) is 11.3 Å². The Labute approximate surface area is 95.5 Å². The lowest BCUT2D eigenvalue weighted by Gasteiger charge is -2.11. The van der Waals surface area contributed by atoms with E-state index in [1.807, 2.05) is 0 Å². The summed E-state index contributed by atoms with van der Waals surface area (Å²) in [4.78, 5) is 1.27. The average Bonchev–Trinajstić information content (AvgIpc) is 2.51. The zero-order valence-electron chi connectivity index (χ0n) is 7.15. The van der Waals surface area contributed by atoms with E-state index in [9.17, 15) is 0 Å². The molecule has 0 aromatic carbocycles. The number of rotatable bonds is 3. The summed E-state index contributed by atoms with van der Waals surface area (Å²) in [7, 11) is 1.61. The molecule has 1 aromatic rings. The van der Waals surface area contributed by atoms with Crippen molar-refractivity contribution in [3.8, 4) is 6.07 Å². The molecule has 76 valence electrons. The van der Waals surface area contributed by atoms with E-state index in [0.29, 0.717) is 5.82 Å². The summed E-state index contributed by atoms with van der Waals surface area (Å²) in [6.07, 6.45) is 0.0415. The highest BCUT2D eigenvalue weighted by Crippen LogP contribution is 2.34. The third kappa shape index (κ3) is 2.98. The molecule has 1 unspecified atom stereocenters. The molecule has 0 N–H and O–H groups in total. The van der Waals surface area contributed by atoms with Crippen molar-refractivity contribution in [1.82, 2.24) is 20.2 Å². The molecule has 1 rings (SSSR count). The van der Waals surface area contributed by atoms with Crippen LogP contribution in [0.1, 0.15) is 17.6 Å². The van der Waals surface area contributed by atoms with Crippen LogP contribution in [0.2, 0.25) is 0 Å². The molecular formula is C6H6Cl3N5. The normalized spacial score (nSPS) is 13.6. The van der Waals surface area contributed by atoms with Gasteiger partial charge in [0.15, 0.2) is 5.82 Å². The van der Waals surface area contributed by atoms with Crippen molar-refractivity contribution >= 4 is 34.8 Å². The molecule has 0 spiro atoms. The number of halogens is 3. The second-order valence-corrected chi connectivity index (χ2v) is 4.64. The molecule has 1 heterocycles. The van der Waals surface area contributed by atoms with Gasteiger partial charge < -0.3 is 0 Å². The Bertz CT molecular complexity index is 355. The maximum atomic E-state index is 8.56. The largest absolute Gasteiger partial charge is 0.205 e. The van der Waals surface area contributed by atoms with Gasteiger partial charge in [0.2, 0.25) is 4.33 Å². The van der Waals surface area contributed by atoms with E-state index < -0.39 is 9.71 Å². The van der Waals surface area contributed by atoms with Crippen LogP contribution in [-0.2, 0) is 7.05 Å². The zero-order chi connectivity index (χ0) is 10.8. The van der Waals surface area contributed by atoms with Gasteiger partial charge in [-0.05, 0) is 5.21 Å². The van der Waals surface area contributed by atoms with Gasteiger partial charge in [0.05, 0.1) is 7.05 Å². The predicted molar refractivity (Wildman–Crippen MR) is 52.1 cm³/mol. The summed E-state index contributed by atoms with van der Waals surface area (Å²) in [6, 6.07) is 1.71. The van der Waals surface area contributed by atoms with Crippen molar-refractivity contribution in [2.24, 2.45) is 7.05 Å². The van der Waals surface area contributed by atoms with E-state index >= 15 is 0 Å². The van der Waals surface area contributed by atoms with E-state index in [-0.39, 0.29) is 6.42 Å². The molecule has 0 amide bonds. The zero-order valence-corrected chi connectivity index (χ0v) is 9.42. The number of nitriles is 1. The van der Waals surface area contributed by atoms with Crippen LogP contribution in [-0.4, -0.2) is 24.5 Å². The van der Waals surface area contributed by atoms with Crippen molar-refractivity contribution in [2.75, 3.05) is 0 Å². The molecule has 0 aliphatic rings. The molecule has 14 heavy (non-hydrogen) atoms. The van der Waals surface area contributed by atoms with Crippen molar-refractivity contribution in [2.45, 2.75) is 16.1 Å². The van der Waals surface area contributed by atoms with Gasteiger partial charge in [-0.15, -0.1) is 21.8 Å². The number of tetrazole rings is 1. The van der Waals surface area contributed by atoms with Gasteiger partial charge in [-0.3, -0.25) is 0 Å². The van der Waals surface area contributed by atoms with Crippen LogP contribution in [0.4, 0.5) is 0 Å². The number of aryl methyl sites for hydroxylation is 1. The fourth-order valence-electron chi connectivity index (χ4n) is 0.786. The van der Waals surface area contributed by atoms with E-state index in [1.165, 1.54) is 4.80 Å². The summed E-state index contributed by atoms with van der Waals surface area (Å²) < 4.78 is -1.52. The highest BCUT2D eigenvalue weighted by atomic mass is 35.5. The quantitative estimate of drug-likeness (QED) is 0.768. The van der Waals surface area contributed by atoms with Gasteiger partial charge in [-0.2, -0.15) is 10.1 Å². The van der Waals surface area contributed by atoms with Crippen LogP contribution >= 0.6 is 34.8 Å². The fourth-order valence-corrected chi connectivity index (χ4v) is 1.57. The van der Waals surface area contributed by atoms with Crippen molar-refractivity contribution in [3.63, 3.8) is 0 Å². The second kappa shape index (κ2) is 4.30. The molecule has 1 aromatic heterocycles. The van der Waals surface area contributed by atoms with Crippen molar-refractivity contribution in [3.05, 3.63) is 5.82 Å². The van der Waals surface area contributed by atoms with Crippen LogP contribution in [0.15, 0.2) is 0 Å². The van der Waals surface area contributed by atoms with Gasteiger partial charge in [0.25, 0.3) is 0 Å². The van der Waals surface area contributed by atoms with E-state index in [1.54, 1.807) is 13.1 Å². The van der Waals surface area contributed by atoms with Gasteiger partial charge in [-0.1, -0.05) is 23.2 Å². The van der Waals surface area contributed by atoms with Crippen LogP contribution in [0.5, 0.6) is 0 Å². The first kappa shape index (κ1) is 11.5. The molecule has 0 radical (unpaired) electrons. The lowest BCUT2D eigenvalue weighted by molar-refractivity contribution is 0.625. The highest BCUT2D eigenvalue weighted by Gasteiger charge is 2.30. The molecule has 0 saturated carbocycles. The average molecular weight is 255 g/mol. The van der Waals surface area contributed by atoms with Gasteiger partial charge in [-0.25, -0.2) is 0 Å². The molecule has 0 aliphatic heterocycles. The fraction of sp³-hybridized carbons (Fsp3) is 0.667. The summed E-state index contributed by atoms with van der Waals surface area (Å²) in [5.74, 6) is 0.301. The molecule has 0 fully saturated rings. The minimum atomic E-state index is -1.52. The van der Waals surface area contributed by atoms with E-state index in [2.05, 4.69) is 15.4 Å². The SMILES string of the molecule is Cn1nnc(C(Cl)CC(Cl)(Cl)C#N)n1. The Balaban J connectivity index is 2.69. The van der Waals surface area contributed by atoms with Gasteiger partial charge in [0.1, 0.15) is 11.4 Å². The third-order valence-corrected chi connectivity index (χ3v) is 2.23. The Hall–Kier alpha value is -0.570. The van der Waals surface area contributed by atoms with Crippen molar-refractivity contribution in [1.29, 1.82) is 5.26 Å². The standard InChI is InChI=1S/C6H6Cl3N5/c1-14-12-5(11-13-14)4(7)2-6(8,9)3-10/h4H,2H2,1H3. The topological polar surface area (TPSA) is 67.4 Å². The predicted octanol–water partition coefficient (Wildman–Crippen LogP) is 1.58. The molecule has 5 nitrogen and oxygen atoms in total. The van der Waals surface area contributed by atoms with E-state index in [4.69, 9.17) is 40.1 Å². The van der Waals surface area contributed by atoms with Crippen molar-refractivity contribution < 1.29 is 0 Å². The number of hydrogen-bond donors (Lipinski definition) is 0. The minimum absolute atomic E-state index is 0.0415. The molecule has 0 aliphatic carbocycles. The Morgan fingerprint density at radius 2 is 2.29 bits per heavy atom. The van der Waals surface area contributed by atoms with Crippen LogP contribution in [0.3, 0.4) is 0 Å². The number of aromatic nitrogens is 4. The Kier molecular flexibility index (Phi) is 3.53. The number of alkyl halides is 3. The first-order valence-corrected chi connectivity index (χ1v) is 4.81. The summed E-state index contributed by atoms with van der Waals surface area (Å²) in [6.45, 7) is 0. The van der Waals surface area contributed by atoms with Gasteiger partial charge in [0, 0.05) is 6.42 Å². The maximum absolute atomic E-state index is 8.56. The van der Waals surface area contributed by atoms with Crippen LogP contribution in [0.25, 0.3) is 0 Å². The molecule has 0 saturated heterocycles. The van der Waals surface area contributed by atoms with Gasteiger partial charge >= 0.3 is 0 Å². The number of hydrogen-bond acceptors (Lipinski definition) is 4. The third-order valence-electron chi connectivity index (χ3n) is 1.40. The number of nitrogens with zero attached hydrogens (tertiary/aromatic N) is 5. The lowest BCUT2D eigenvalue weighted by Crippen LogP contribution is -2.13. The summed E-state index contributed by atoms with van der Waals surface area (Å²) in [5, 5.41) is 19.1. The second-order valence-electron chi connectivity index (χ2n) is 2.62. The maximum Gasteiger partial charge on any atom is 0.205 e. The van der Waals surface area contributed by atoms with Crippen LogP contribution < -0.4 is 0 Å². The van der Waals surface area contributed by atoms with E-state index in [0.717, 1.165) is 0 Å². The minimum Gasteiger partial charge on any atom is -0.195 e. The smallest absolute Gasteiger partial charge is 0.195 e. The highest BCUT2D eigenvalue weighted by molar-refractivity contribution is 6.50. The molecule has 0 bridgehead atoms. The lowest BCUT2D eigenvalue weighted by atomic mass is 10.2. The Morgan fingerprint density at radius 1 is 1.64 bits per heavy atom. The monoisotopic (exact) mass is 253 g/mol. The summed E-state index contributed by atoms with van der Waals surface area (Å²) in [5.41, 5.74) is 0.